The molecule has 1 N–H and O–H groups in total. The van der Waals surface area contributed by atoms with Crippen LogP contribution in [0.2, 0.25) is 0 Å². The Morgan fingerprint density at radius 3 is 2.92 bits per heavy atom. The summed E-state index contributed by atoms with van der Waals surface area (Å²) in [5, 5.41) is 3.22. The first-order valence-corrected chi connectivity index (χ1v) is 4.88. The van der Waals surface area contributed by atoms with Crippen molar-refractivity contribution < 1.29 is 9.53 Å². The fraction of sp³-hybridized carbons (Fsp3) is 0.889. The van der Waals surface area contributed by atoms with E-state index in [9.17, 15) is 4.79 Å². The summed E-state index contributed by atoms with van der Waals surface area (Å²) in [6.45, 7) is 2.75. The molecule has 74 valence electrons. The van der Waals surface area contributed by atoms with Gasteiger partial charge in [0, 0.05) is 26.6 Å². The van der Waals surface area contributed by atoms with Crippen molar-refractivity contribution in [2.45, 2.75) is 25.0 Å². The van der Waals surface area contributed by atoms with Gasteiger partial charge in [-0.25, -0.2) is 0 Å². The standard InChI is InChI=1S/C9H16N2O2/c1-11-5-3-8(9(11)12)13-7-2-4-10-6-7/h7-8,10H,2-6H2,1H3. The lowest BCUT2D eigenvalue weighted by molar-refractivity contribution is -0.138. The van der Waals surface area contributed by atoms with E-state index in [0.717, 1.165) is 32.5 Å². The second-order valence-electron chi connectivity index (χ2n) is 3.79. The molecule has 0 aliphatic carbocycles. The van der Waals surface area contributed by atoms with E-state index >= 15 is 0 Å². The van der Waals surface area contributed by atoms with Crippen LogP contribution in [0.3, 0.4) is 0 Å². The zero-order chi connectivity index (χ0) is 9.26. The molecule has 0 spiro atoms. The van der Waals surface area contributed by atoms with Crippen LogP contribution >= 0.6 is 0 Å². The van der Waals surface area contributed by atoms with Crippen LogP contribution in [0.15, 0.2) is 0 Å². The molecule has 0 aromatic heterocycles. The van der Waals surface area contributed by atoms with Crippen LogP contribution in [0.1, 0.15) is 12.8 Å². The number of likely N-dealkylation sites (N-methyl/N-ethyl adjacent to an activating group) is 1. The number of amides is 1. The highest BCUT2D eigenvalue weighted by molar-refractivity contribution is 5.82. The zero-order valence-corrected chi connectivity index (χ0v) is 7.95. The van der Waals surface area contributed by atoms with Gasteiger partial charge in [0.15, 0.2) is 0 Å². The van der Waals surface area contributed by atoms with Crippen molar-refractivity contribution in [3.8, 4) is 0 Å². The third kappa shape index (κ3) is 1.84. The first kappa shape index (κ1) is 8.97. The van der Waals surface area contributed by atoms with Crippen LogP contribution in [-0.4, -0.2) is 49.7 Å². The van der Waals surface area contributed by atoms with Crippen molar-refractivity contribution >= 4 is 5.91 Å². The predicted molar refractivity (Wildman–Crippen MR) is 48.4 cm³/mol. The Labute approximate surface area is 78.2 Å². The normalized spacial score (nSPS) is 34.5. The monoisotopic (exact) mass is 184 g/mol. The molecule has 0 saturated carbocycles. The Morgan fingerprint density at radius 2 is 2.38 bits per heavy atom. The van der Waals surface area contributed by atoms with Crippen molar-refractivity contribution in [1.29, 1.82) is 0 Å². The second-order valence-corrected chi connectivity index (χ2v) is 3.79. The van der Waals surface area contributed by atoms with Crippen molar-refractivity contribution in [3.63, 3.8) is 0 Å². The van der Waals surface area contributed by atoms with Crippen molar-refractivity contribution in [1.82, 2.24) is 10.2 Å². The van der Waals surface area contributed by atoms with Gasteiger partial charge >= 0.3 is 0 Å². The molecular formula is C9H16N2O2. The van der Waals surface area contributed by atoms with Gasteiger partial charge in [-0.2, -0.15) is 0 Å². The predicted octanol–water partition coefficient (Wildman–Crippen LogP) is -0.404. The van der Waals surface area contributed by atoms with Gasteiger partial charge in [0.05, 0.1) is 6.10 Å². The van der Waals surface area contributed by atoms with Gasteiger partial charge in [-0.05, 0) is 13.0 Å². The van der Waals surface area contributed by atoms with Gasteiger partial charge in [0.25, 0.3) is 5.91 Å². The molecule has 0 aromatic rings. The van der Waals surface area contributed by atoms with E-state index in [1.165, 1.54) is 0 Å². The van der Waals surface area contributed by atoms with E-state index in [1.807, 2.05) is 7.05 Å². The maximum Gasteiger partial charge on any atom is 0.251 e. The molecular weight excluding hydrogens is 168 g/mol. The van der Waals surface area contributed by atoms with Gasteiger partial charge in [0.2, 0.25) is 0 Å². The molecule has 2 fully saturated rings. The lowest BCUT2D eigenvalue weighted by Crippen LogP contribution is -2.31. The number of carbonyl (C=O) groups excluding carboxylic acids is 1. The Balaban J connectivity index is 1.84. The van der Waals surface area contributed by atoms with Crippen molar-refractivity contribution in [3.05, 3.63) is 0 Å². The summed E-state index contributed by atoms with van der Waals surface area (Å²) >= 11 is 0. The van der Waals surface area contributed by atoms with Crippen LogP contribution in [-0.2, 0) is 9.53 Å². The molecule has 0 bridgehead atoms. The number of nitrogens with zero attached hydrogens (tertiary/aromatic N) is 1. The second kappa shape index (κ2) is 3.64. The molecule has 2 rings (SSSR count). The summed E-state index contributed by atoms with van der Waals surface area (Å²) < 4.78 is 5.70. The van der Waals surface area contributed by atoms with E-state index in [4.69, 9.17) is 4.74 Å². The summed E-state index contributed by atoms with van der Waals surface area (Å²) in [7, 11) is 1.83. The van der Waals surface area contributed by atoms with E-state index in [2.05, 4.69) is 5.32 Å². The quantitative estimate of drug-likeness (QED) is 0.634. The molecule has 2 aliphatic rings. The number of rotatable bonds is 2. The van der Waals surface area contributed by atoms with Crippen LogP contribution in [0.5, 0.6) is 0 Å². The fourth-order valence-corrected chi connectivity index (χ4v) is 1.89. The molecule has 4 heteroatoms. The number of carbonyl (C=O) groups is 1. The number of ether oxygens (including phenoxy) is 1. The van der Waals surface area contributed by atoms with Crippen molar-refractivity contribution in [2.24, 2.45) is 0 Å². The van der Waals surface area contributed by atoms with E-state index < -0.39 is 0 Å². The molecule has 2 unspecified atom stereocenters. The largest absolute Gasteiger partial charge is 0.364 e. The lowest BCUT2D eigenvalue weighted by Gasteiger charge is -2.15. The minimum absolute atomic E-state index is 0.145. The first-order valence-electron chi connectivity index (χ1n) is 4.88. The minimum Gasteiger partial charge on any atom is -0.364 e. The van der Waals surface area contributed by atoms with E-state index in [0.29, 0.717) is 0 Å². The van der Waals surface area contributed by atoms with Crippen LogP contribution in [0.25, 0.3) is 0 Å². The Hall–Kier alpha value is -0.610. The maximum atomic E-state index is 11.5. The Kier molecular flexibility index (Phi) is 2.51. The van der Waals surface area contributed by atoms with Crippen molar-refractivity contribution in [2.75, 3.05) is 26.7 Å². The SMILES string of the molecule is CN1CCC(OC2CCNC2)C1=O. The maximum absolute atomic E-state index is 11.5. The average Bonchev–Trinajstić information content (AvgIpc) is 2.71. The highest BCUT2D eigenvalue weighted by Gasteiger charge is 2.32. The zero-order valence-electron chi connectivity index (χ0n) is 7.95. The molecule has 2 heterocycles. The molecule has 4 nitrogen and oxygen atoms in total. The molecule has 2 atom stereocenters. The minimum atomic E-state index is -0.171. The number of hydrogen-bond donors (Lipinski definition) is 1. The van der Waals surface area contributed by atoms with Crippen LogP contribution in [0.4, 0.5) is 0 Å². The number of hydrogen-bond acceptors (Lipinski definition) is 3. The summed E-state index contributed by atoms with van der Waals surface area (Å²) in [5.74, 6) is 0.145. The summed E-state index contributed by atoms with van der Waals surface area (Å²) in [6.07, 6.45) is 1.97. The van der Waals surface area contributed by atoms with Gasteiger partial charge in [-0.15, -0.1) is 0 Å². The summed E-state index contributed by atoms with van der Waals surface area (Å²) in [6, 6.07) is 0. The number of nitrogens with one attached hydrogen (secondary N) is 1. The summed E-state index contributed by atoms with van der Waals surface area (Å²) in [5.41, 5.74) is 0. The molecule has 2 saturated heterocycles. The van der Waals surface area contributed by atoms with Crippen LogP contribution in [0, 0.1) is 0 Å². The van der Waals surface area contributed by atoms with Gasteiger partial charge < -0.3 is 15.0 Å². The molecule has 0 radical (unpaired) electrons. The van der Waals surface area contributed by atoms with E-state index in [1.54, 1.807) is 4.90 Å². The van der Waals surface area contributed by atoms with Crippen LogP contribution < -0.4 is 5.32 Å². The third-order valence-corrected chi connectivity index (χ3v) is 2.75. The summed E-state index contributed by atoms with van der Waals surface area (Å²) in [4.78, 5) is 13.2. The average molecular weight is 184 g/mol. The fourth-order valence-electron chi connectivity index (χ4n) is 1.89. The Bertz CT molecular complexity index is 202. The first-order chi connectivity index (χ1) is 6.27. The lowest BCUT2D eigenvalue weighted by atomic mass is 10.2. The third-order valence-electron chi connectivity index (χ3n) is 2.75. The smallest absolute Gasteiger partial charge is 0.251 e. The molecule has 1 amide bonds. The van der Waals surface area contributed by atoms with Gasteiger partial charge in [-0.1, -0.05) is 0 Å². The number of likely N-dealkylation sites (tertiary alicyclic amines) is 1. The molecule has 0 aromatic carbocycles. The topological polar surface area (TPSA) is 41.6 Å². The van der Waals surface area contributed by atoms with E-state index in [-0.39, 0.29) is 18.1 Å². The highest BCUT2D eigenvalue weighted by atomic mass is 16.5. The molecule has 2 aliphatic heterocycles. The Morgan fingerprint density at radius 1 is 1.54 bits per heavy atom. The van der Waals surface area contributed by atoms with Gasteiger partial charge in [-0.3, -0.25) is 4.79 Å². The molecule has 13 heavy (non-hydrogen) atoms. The highest BCUT2D eigenvalue weighted by Crippen LogP contribution is 2.16. The van der Waals surface area contributed by atoms with Gasteiger partial charge in [0.1, 0.15) is 6.10 Å².